The Morgan fingerprint density at radius 2 is 2.42 bits per heavy atom. The molecule has 2 rings (SSSR count). The van der Waals surface area contributed by atoms with Crippen molar-refractivity contribution in [1.82, 2.24) is 9.97 Å². The second kappa shape index (κ2) is 3.27. The number of aromatic amines is 1. The predicted octanol–water partition coefficient (Wildman–Crippen LogP) is 2.89. The molecule has 4 nitrogen and oxygen atoms in total. The number of H-pyrrole nitrogens is 1. The highest BCUT2D eigenvalue weighted by Gasteiger charge is 1.90. The van der Waals surface area contributed by atoms with E-state index >= 15 is 0 Å². The summed E-state index contributed by atoms with van der Waals surface area (Å²) >= 11 is 1.46. The minimum Gasteiger partial charge on any atom is -0.345 e. The van der Waals surface area contributed by atoms with Crippen LogP contribution >= 0.6 is 11.3 Å². The van der Waals surface area contributed by atoms with Crippen LogP contribution in [-0.2, 0) is 0 Å². The van der Waals surface area contributed by atoms with Crippen LogP contribution in [0.25, 0.3) is 0 Å². The van der Waals surface area contributed by atoms with E-state index in [1.165, 1.54) is 11.3 Å². The molecule has 5 heteroatoms. The topological polar surface area (TPSA) is 53.4 Å². The molecule has 60 valence electrons. The lowest BCUT2D eigenvalue weighted by Gasteiger charge is -1.81. The molecule has 0 saturated heterocycles. The lowest BCUT2D eigenvalue weighted by molar-refractivity contribution is 1.16. The second-order valence-corrected chi connectivity index (χ2v) is 2.94. The molecule has 2 aromatic rings. The number of aromatic nitrogens is 2. The molecule has 0 aliphatic heterocycles. The monoisotopic (exact) mass is 178 g/mol. The molecule has 0 saturated carbocycles. The van der Waals surface area contributed by atoms with Crippen LogP contribution in [0.1, 0.15) is 0 Å². The Morgan fingerprint density at radius 3 is 3.08 bits per heavy atom. The van der Waals surface area contributed by atoms with Crippen molar-refractivity contribution in [3.8, 4) is 0 Å². The standard InChI is InChI=1S/C7H6N4S/c1-2-6(8-3-1)10-11-7-9-4-5-12-7/h1-5,8H/b11-10+. The second-order valence-electron chi connectivity index (χ2n) is 2.07. The fraction of sp³-hybridized carbons (Fsp3) is 0. The van der Waals surface area contributed by atoms with Gasteiger partial charge in [-0.3, -0.25) is 0 Å². The van der Waals surface area contributed by atoms with Crippen molar-refractivity contribution in [3.05, 3.63) is 29.9 Å². The molecule has 2 heterocycles. The average molecular weight is 178 g/mol. The summed E-state index contributed by atoms with van der Waals surface area (Å²) in [6.07, 6.45) is 3.50. The largest absolute Gasteiger partial charge is 0.345 e. The first-order chi connectivity index (χ1) is 5.95. The molecule has 1 N–H and O–H groups in total. The fourth-order valence-electron chi connectivity index (χ4n) is 0.745. The lowest BCUT2D eigenvalue weighted by Crippen LogP contribution is -1.58. The van der Waals surface area contributed by atoms with Crippen molar-refractivity contribution in [2.75, 3.05) is 0 Å². The Morgan fingerprint density at radius 1 is 1.42 bits per heavy atom. The van der Waals surface area contributed by atoms with Gasteiger partial charge in [-0.2, -0.15) is 0 Å². The van der Waals surface area contributed by atoms with Crippen LogP contribution in [-0.4, -0.2) is 9.97 Å². The van der Waals surface area contributed by atoms with E-state index in [0.29, 0.717) is 5.13 Å². The maximum atomic E-state index is 3.96. The summed E-state index contributed by atoms with van der Waals surface area (Å²) in [5.74, 6) is 0.741. The molecule has 2 aromatic heterocycles. The number of hydrogen-bond donors (Lipinski definition) is 1. The van der Waals surface area contributed by atoms with Crippen LogP contribution in [0.5, 0.6) is 0 Å². The molecule has 0 spiro atoms. The normalized spacial score (nSPS) is 11.0. The first kappa shape index (κ1) is 7.17. The Balaban J connectivity index is 2.14. The van der Waals surface area contributed by atoms with E-state index in [0.717, 1.165) is 5.82 Å². The molecular weight excluding hydrogens is 172 g/mol. The lowest BCUT2D eigenvalue weighted by atomic mass is 10.6. The van der Waals surface area contributed by atoms with Gasteiger partial charge in [0.15, 0.2) is 5.82 Å². The van der Waals surface area contributed by atoms with Gasteiger partial charge >= 0.3 is 0 Å². The zero-order valence-corrected chi connectivity index (χ0v) is 6.95. The van der Waals surface area contributed by atoms with E-state index in [2.05, 4.69) is 20.2 Å². The van der Waals surface area contributed by atoms with Crippen molar-refractivity contribution < 1.29 is 0 Å². The quantitative estimate of drug-likeness (QED) is 0.706. The van der Waals surface area contributed by atoms with Gasteiger partial charge in [-0.15, -0.1) is 21.6 Å². The summed E-state index contributed by atoms with van der Waals surface area (Å²) in [6, 6.07) is 3.72. The number of rotatable bonds is 2. The van der Waals surface area contributed by atoms with Crippen molar-refractivity contribution in [2.45, 2.75) is 0 Å². The van der Waals surface area contributed by atoms with E-state index in [9.17, 15) is 0 Å². The van der Waals surface area contributed by atoms with Gasteiger partial charge in [0.05, 0.1) is 0 Å². The van der Waals surface area contributed by atoms with Crippen LogP contribution in [0.15, 0.2) is 40.1 Å². The van der Waals surface area contributed by atoms with Crippen LogP contribution in [0.4, 0.5) is 10.9 Å². The maximum Gasteiger partial charge on any atom is 0.229 e. The number of thiazole rings is 1. The van der Waals surface area contributed by atoms with Crippen LogP contribution in [0, 0.1) is 0 Å². The number of hydrogen-bond acceptors (Lipinski definition) is 4. The van der Waals surface area contributed by atoms with Crippen molar-refractivity contribution in [1.29, 1.82) is 0 Å². The molecular formula is C7H6N4S. The van der Waals surface area contributed by atoms with Gasteiger partial charge in [0.25, 0.3) is 0 Å². The van der Waals surface area contributed by atoms with Gasteiger partial charge in [-0.05, 0) is 12.1 Å². The average Bonchev–Trinajstić information content (AvgIpc) is 2.74. The maximum absolute atomic E-state index is 3.96. The molecule has 0 aromatic carbocycles. The van der Waals surface area contributed by atoms with Crippen molar-refractivity contribution in [3.63, 3.8) is 0 Å². The summed E-state index contributed by atoms with van der Waals surface area (Å²) < 4.78 is 0. The van der Waals surface area contributed by atoms with Gasteiger partial charge < -0.3 is 4.98 Å². The molecule has 0 bridgehead atoms. The van der Waals surface area contributed by atoms with E-state index < -0.39 is 0 Å². The van der Waals surface area contributed by atoms with Gasteiger partial charge in [-0.1, -0.05) is 0 Å². The summed E-state index contributed by atoms with van der Waals surface area (Å²) in [4.78, 5) is 6.88. The van der Waals surface area contributed by atoms with E-state index in [-0.39, 0.29) is 0 Å². The van der Waals surface area contributed by atoms with E-state index in [1.54, 1.807) is 12.4 Å². The third-order valence-electron chi connectivity index (χ3n) is 1.24. The Bertz CT molecular complexity index is 312. The molecule has 0 unspecified atom stereocenters. The predicted molar refractivity (Wildman–Crippen MR) is 47.1 cm³/mol. The third-order valence-corrected chi connectivity index (χ3v) is 1.90. The highest BCUT2D eigenvalue weighted by Crippen LogP contribution is 2.17. The van der Waals surface area contributed by atoms with Crippen LogP contribution < -0.4 is 0 Å². The highest BCUT2D eigenvalue weighted by molar-refractivity contribution is 7.13. The van der Waals surface area contributed by atoms with Crippen molar-refractivity contribution >= 4 is 22.3 Å². The van der Waals surface area contributed by atoms with E-state index in [1.807, 2.05) is 17.5 Å². The number of nitrogens with one attached hydrogen (secondary N) is 1. The Labute approximate surface area is 73.0 Å². The van der Waals surface area contributed by atoms with Gasteiger partial charge in [0.2, 0.25) is 5.13 Å². The minimum absolute atomic E-state index is 0.671. The SMILES string of the molecule is c1c[nH]c(/N=N/c2nccs2)c1. The van der Waals surface area contributed by atoms with Gasteiger partial charge in [-0.25, -0.2) is 4.98 Å². The summed E-state index contributed by atoms with van der Waals surface area (Å²) in [7, 11) is 0. The molecule has 0 amide bonds. The summed E-state index contributed by atoms with van der Waals surface area (Å²) in [6.45, 7) is 0. The Hall–Kier alpha value is -1.49. The third kappa shape index (κ3) is 1.57. The van der Waals surface area contributed by atoms with Gasteiger partial charge in [0, 0.05) is 17.8 Å². The van der Waals surface area contributed by atoms with Crippen molar-refractivity contribution in [2.24, 2.45) is 10.2 Å². The zero-order chi connectivity index (χ0) is 8.23. The van der Waals surface area contributed by atoms with E-state index in [4.69, 9.17) is 0 Å². The van der Waals surface area contributed by atoms with Crippen LogP contribution in [0.2, 0.25) is 0 Å². The van der Waals surface area contributed by atoms with Gasteiger partial charge in [0.1, 0.15) is 0 Å². The molecule has 0 fully saturated rings. The molecule has 0 radical (unpaired) electrons. The zero-order valence-electron chi connectivity index (χ0n) is 6.14. The first-order valence-corrected chi connectivity index (χ1v) is 4.28. The summed E-state index contributed by atoms with van der Waals surface area (Å²) in [5.41, 5.74) is 0. The Kier molecular flexibility index (Phi) is 1.96. The summed E-state index contributed by atoms with van der Waals surface area (Å²) in [5, 5.41) is 10.4. The molecule has 0 atom stereocenters. The smallest absolute Gasteiger partial charge is 0.229 e. The number of azo groups is 1. The fourth-order valence-corrected chi connectivity index (χ4v) is 1.20. The first-order valence-electron chi connectivity index (χ1n) is 3.40. The minimum atomic E-state index is 0.671. The number of nitrogens with zero attached hydrogens (tertiary/aromatic N) is 3. The molecule has 0 aliphatic carbocycles. The molecule has 12 heavy (non-hydrogen) atoms. The van der Waals surface area contributed by atoms with Crippen LogP contribution in [0.3, 0.4) is 0 Å². The molecule has 0 aliphatic rings. The highest BCUT2D eigenvalue weighted by atomic mass is 32.1.